The molecule has 0 spiro atoms. The summed E-state index contributed by atoms with van der Waals surface area (Å²) in [6.45, 7) is 4.43. The molecule has 7 heteroatoms. The van der Waals surface area contributed by atoms with E-state index in [0.29, 0.717) is 0 Å². The van der Waals surface area contributed by atoms with Crippen molar-refractivity contribution in [1.82, 2.24) is 4.72 Å². The first-order valence-electron chi connectivity index (χ1n) is 5.36. The van der Waals surface area contributed by atoms with E-state index in [9.17, 15) is 18.5 Å². The van der Waals surface area contributed by atoms with Crippen molar-refractivity contribution in [1.29, 1.82) is 0 Å². The molecule has 0 aromatic heterocycles. The predicted molar refractivity (Wildman–Crippen MR) is 71.1 cm³/mol. The summed E-state index contributed by atoms with van der Waals surface area (Å²) >= 11 is 0. The Labute approximate surface area is 112 Å². The van der Waals surface area contributed by atoms with Gasteiger partial charge in [0.1, 0.15) is 0 Å². The van der Waals surface area contributed by atoms with Crippen LogP contribution in [0.4, 0.5) is 5.69 Å². The molecule has 0 amide bonds. The zero-order valence-corrected chi connectivity index (χ0v) is 11.6. The van der Waals surface area contributed by atoms with Crippen molar-refractivity contribution >= 4 is 15.7 Å². The molecule has 0 aliphatic rings. The molecule has 1 N–H and O–H groups in total. The van der Waals surface area contributed by atoms with Gasteiger partial charge >= 0.3 is 0 Å². The van der Waals surface area contributed by atoms with Crippen LogP contribution in [0.25, 0.3) is 0 Å². The van der Waals surface area contributed by atoms with Crippen molar-refractivity contribution in [2.45, 2.75) is 31.2 Å². The maximum absolute atomic E-state index is 12.2. The molecule has 1 aromatic rings. The summed E-state index contributed by atoms with van der Waals surface area (Å²) in [7, 11) is -3.91. The van der Waals surface area contributed by atoms with Gasteiger partial charge in [0.25, 0.3) is 5.69 Å². The first-order valence-corrected chi connectivity index (χ1v) is 6.85. The Kier molecular flexibility index (Phi) is 3.98. The molecule has 102 valence electrons. The van der Waals surface area contributed by atoms with E-state index >= 15 is 0 Å². The number of nitrogens with zero attached hydrogens (tertiary/aromatic N) is 1. The maximum atomic E-state index is 12.2. The fraction of sp³-hybridized carbons (Fsp3) is 0.333. The second-order valence-corrected chi connectivity index (χ2v) is 6.18. The van der Waals surface area contributed by atoms with Crippen LogP contribution in [0, 0.1) is 29.4 Å². The fourth-order valence-corrected chi connectivity index (χ4v) is 3.12. The molecule has 1 aromatic carbocycles. The minimum Gasteiger partial charge on any atom is -0.258 e. The summed E-state index contributed by atoms with van der Waals surface area (Å²) in [6, 6.07) is 3.88. The summed E-state index contributed by atoms with van der Waals surface area (Å²) in [6.07, 6.45) is 5.22. The molecular formula is C12H14N2O4S. The summed E-state index contributed by atoms with van der Waals surface area (Å²) in [4.78, 5) is 10.0. The van der Waals surface area contributed by atoms with Crippen molar-refractivity contribution in [3.05, 3.63) is 33.9 Å². The summed E-state index contributed by atoms with van der Waals surface area (Å²) in [5.41, 5.74) is -1.25. The number of hydrogen-bond acceptors (Lipinski definition) is 4. The normalized spacial score (nSPS) is 11.9. The monoisotopic (exact) mass is 282 g/mol. The van der Waals surface area contributed by atoms with Crippen molar-refractivity contribution in [2.75, 3.05) is 0 Å². The standard InChI is InChI=1S/C12H14N2O4S/c1-5-12(3,4)13-19(17,18)11-8-6-7-10(9(11)2)14(15)16/h1,6-8,13H,2-4H3. The van der Waals surface area contributed by atoms with Crippen molar-refractivity contribution in [3.63, 3.8) is 0 Å². The van der Waals surface area contributed by atoms with Crippen LogP contribution in [0.1, 0.15) is 19.4 Å². The van der Waals surface area contributed by atoms with E-state index in [-0.39, 0.29) is 16.1 Å². The van der Waals surface area contributed by atoms with E-state index in [0.717, 1.165) is 0 Å². The van der Waals surface area contributed by atoms with Gasteiger partial charge in [-0.05, 0) is 26.8 Å². The molecule has 1 rings (SSSR count). The Balaban J connectivity index is 3.36. The Morgan fingerprint density at radius 3 is 2.47 bits per heavy atom. The van der Waals surface area contributed by atoms with Gasteiger partial charge in [0.05, 0.1) is 15.4 Å². The minimum atomic E-state index is -3.91. The third kappa shape index (κ3) is 3.30. The molecule has 0 saturated heterocycles. The number of benzene rings is 1. The number of sulfonamides is 1. The highest BCUT2D eigenvalue weighted by Gasteiger charge is 2.28. The van der Waals surface area contributed by atoms with Crippen LogP contribution in [0.15, 0.2) is 23.1 Å². The quantitative estimate of drug-likeness (QED) is 0.516. The number of hydrogen-bond donors (Lipinski definition) is 1. The van der Waals surface area contributed by atoms with E-state index in [4.69, 9.17) is 6.42 Å². The summed E-state index contributed by atoms with van der Waals surface area (Å²) in [5.74, 6) is 2.30. The largest absolute Gasteiger partial charge is 0.273 e. The van der Waals surface area contributed by atoms with Crippen LogP contribution in [-0.4, -0.2) is 18.9 Å². The lowest BCUT2D eigenvalue weighted by Gasteiger charge is -2.20. The first-order chi connectivity index (χ1) is 8.60. The molecule has 6 nitrogen and oxygen atoms in total. The molecule has 0 atom stereocenters. The minimum absolute atomic E-state index is 0.0767. The van der Waals surface area contributed by atoms with E-state index in [2.05, 4.69) is 10.6 Å². The van der Waals surface area contributed by atoms with Crippen molar-refractivity contribution in [2.24, 2.45) is 0 Å². The lowest BCUT2D eigenvalue weighted by atomic mass is 10.1. The summed E-state index contributed by atoms with van der Waals surface area (Å²) < 4.78 is 26.7. The average Bonchev–Trinajstić information content (AvgIpc) is 2.27. The van der Waals surface area contributed by atoms with Crippen LogP contribution in [-0.2, 0) is 10.0 Å². The van der Waals surface area contributed by atoms with Gasteiger partial charge in [-0.1, -0.05) is 12.0 Å². The van der Waals surface area contributed by atoms with E-state index in [1.807, 2.05) is 0 Å². The van der Waals surface area contributed by atoms with Gasteiger partial charge in [-0.2, -0.15) is 4.72 Å². The number of nitro groups is 1. The molecule has 0 bridgehead atoms. The topological polar surface area (TPSA) is 89.3 Å². The molecule has 0 radical (unpaired) electrons. The molecule has 0 aliphatic carbocycles. The maximum Gasteiger partial charge on any atom is 0.273 e. The molecule has 0 heterocycles. The van der Waals surface area contributed by atoms with Crippen LogP contribution >= 0.6 is 0 Å². The highest BCUT2D eigenvalue weighted by molar-refractivity contribution is 7.89. The van der Waals surface area contributed by atoms with Gasteiger partial charge < -0.3 is 0 Å². The molecule has 19 heavy (non-hydrogen) atoms. The highest BCUT2D eigenvalue weighted by atomic mass is 32.2. The Bertz CT molecular complexity index is 657. The fourth-order valence-electron chi connectivity index (χ4n) is 1.51. The summed E-state index contributed by atoms with van der Waals surface area (Å²) in [5, 5.41) is 10.8. The molecule has 0 saturated carbocycles. The van der Waals surface area contributed by atoms with Crippen molar-refractivity contribution in [3.8, 4) is 12.3 Å². The average molecular weight is 282 g/mol. The molecule has 0 aliphatic heterocycles. The Morgan fingerprint density at radius 2 is 2.00 bits per heavy atom. The SMILES string of the molecule is C#CC(C)(C)NS(=O)(=O)c1cccc([N+](=O)[O-])c1C. The van der Waals surface area contributed by atoms with Crippen LogP contribution in [0.5, 0.6) is 0 Å². The van der Waals surface area contributed by atoms with Crippen LogP contribution < -0.4 is 4.72 Å². The number of rotatable bonds is 4. The number of terminal acetylenes is 1. The van der Waals surface area contributed by atoms with Gasteiger partial charge in [0, 0.05) is 11.6 Å². The third-order valence-electron chi connectivity index (χ3n) is 2.49. The number of nitro benzene ring substituents is 1. The number of nitrogens with one attached hydrogen (secondary N) is 1. The van der Waals surface area contributed by atoms with Crippen molar-refractivity contribution < 1.29 is 13.3 Å². The van der Waals surface area contributed by atoms with Gasteiger partial charge in [-0.15, -0.1) is 6.42 Å². The van der Waals surface area contributed by atoms with Gasteiger partial charge in [0.2, 0.25) is 10.0 Å². The van der Waals surface area contributed by atoms with Crippen LogP contribution in [0.3, 0.4) is 0 Å². The Hall–Kier alpha value is -1.91. The first kappa shape index (κ1) is 15.1. The molecule has 0 unspecified atom stereocenters. The third-order valence-corrected chi connectivity index (χ3v) is 4.29. The van der Waals surface area contributed by atoms with E-state index in [1.165, 1.54) is 39.0 Å². The second kappa shape index (κ2) is 4.99. The van der Waals surface area contributed by atoms with Gasteiger partial charge in [-0.25, -0.2) is 8.42 Å². The second-order valence-electron chi connectivity index (χ2n) is 4.53. The lowest BCUT2D eigenvalue weighted by molar-refractivity contribution is -0.385. The zero-order chi connectivity index (χ0) is 14.8. The predicted octanol–water partition coefficient (Wildman–Crippen LogP) is 1.59. The van der Waals surface area contributed by atoms with E-state index < -0.39 is 20.5 Å². The molecule has 0 fully saturated rings. The van der Waals surface area contributed by atoms with Gasteiger partial charge in [0.15, 0.2) is 0 Å². The van der Waals surface area contributed by atoms with E-state index in [1.54, 1.807) is 0 Å². The molecular weight excluding hydrogens is 268 g/mol. The Morgan fingerprint density at radius 1 is 1.42 bits per heavy atom. The highest BCUT2D eigenvalue weighted by Crippen LogP contribution is 2.25. The smallest absolute Gasteiger partial charge is 0.258 e. The van der Waals surface area contributed by atoms with Crippen LogP contribution in [0.2, 0.25) is 0 Å². The zero-order valence-electron chi connectivity index (χ0n) is 10.8. The van der Waals surface area contributed by atoms with Gasteiger partial charge in [-0.3, -0.25) is 10.1 Å². The lowest BCUT2D eigenvalue weighted by Crippen LogP contribution is -2.42.